The number of hydrazine groups is 1. The van der Waals surface area contributed by atoms with Crippen molar-refractivity contribution < 1.29 is 4.39 Å². The smallest absolute Gasteiger partial charge is 0.130 e. The van der Waals surface area contributed by atoms with E-state index in [0.29, 0.717) is 17.5 Å². The van der Waals surface area contributed by atoms with E-state index in [1.54, 1.807) is 25.3 Å². The average molecular weight is 324 g/mol. The summed E-state index contributed by atoms with van der Waals surface area (Å²) < 4.78 is 15.0. The van der Waals surface area contributed by atoms with Crippen LogP contribution in [0.5, 0.6) is 0 Å². The molecule has 1 heterocycles. The van der Waals surface area contributed by atoms with Gasteiger partial charge in [-0.2, -0.15) is 0 Å². The third-order valence-corrected chi connectivity index (χ3v) is 3.47. The Bertz CT molecular complexity index is 557. The molecule has 1 aromatic carbocycles. The van der Waals surface area contributed by atoms with Gasteiger partial charge in [0.05, 0.1) is 6.04 Å². The second-order valence-electron chi connectivity index (χ2n) is 4.37. The summed E-state index contributed by atoms with van der Waals surface area (Å²) in [6, 6.07) is 8.81. The van der Waals surface area contributed by atoms with Crippen molar-refractivity contribution in [3.05, 3.63) is 63.6 Å². The molecule has 0 bridgehead atoms. The van der Waals surface area contributed by atoms with Gasteiger partial charge in [0.1, 0.15) is 5.82 Å². The number of pyridine rings is 1. The van der Waals surface area contributed by atoms with E-state index in [9.17, 15) is 4.39 Å². The second kappa shape index (κ2) is 6.23. The van der Waals surface area contributed by atoms with E-state index in [1.165, 1.54) is 0 Å². The van der Waals surface area contributed by atoms with E-state index < -0.39 is 0 Å². The predicted octanol–water partition coefficient (Wildman–Crippen LogP) is 3.04. The van der Waals surface area contributed by atoms with Crippen molar-refractivity contribution in [3.63, 3.8) is 0 Å². The zero-order valence-electron chi connectivity index (χ0n) is 10.5. The molecule has 2 aromatic rings. The monoisotopic (exact) mass is 323 g/mol. The first-order valence-corrected chi connectivity index (χ1v) is 6.72. The molecular weight excluding hydrogens is 309 g/mol. The minimum atomic E-state index is -0.298. The molecule has 0 saturated carbocycles. The lowest BCUT2D eigenvalue weighted by Crippen LogP contribution is -2.30. The quantitative estimate of drug-likeness (QED) is 0.671. The summed E-state index contributed by atoms with van der Waals surface area (Å²) in [5.74, 6) is 5.33. The van der Waals surface area contributed by atoms with E-state index >= 15 is 0 Å². The van der Waals surface area contributed by atoms with Gasteiger partial charge < -0.3 is 0 Å². The highest BCUT2D eigenvalue weighted by Gasteiger charge is 2.16. The fourth-order valence-corrected chi connectivity index (χ4v) is 2.17. The molecule has 0 aliphatic heterocycles. The largest absolute Gasteiger partial charge is 0.271 e. The van der Waals surface area contributed by atoms with Crippen molar-refractivity contribution in [1.29, 1.82) is 0 Å². The molecule has 0 fully saturated rings. The molecule has 1 unspecified atom stereocenters. The summed E-state index contributed by atoms with van der Waals surface area (Å²) in [7, 11) is 0. The van der Waals surface area contributed by atoms with Crippen LogP contribution in [0.15, 0.2) is 41.0 Å². The van der Waals surface area contributed by atoms with Crippen LogP contribution < -0.4 is 11.3 Å². The van der Waals surface area contributed by atoms with Crippen LogP contribution in [-0.4, -0.2) is 4.98 Å². The molecule has 0 amide bonds. The van der Waals surface area contributed by atoms with Gasteiger partial charge >= 0.3 is 0 Å². The van der Waals surface area contributed by atoms with E-state index in [-0.39, 0.29) is 11.9 Å². The van der Waals surface area contributed by atoms with E-state index in [4.69, 9.17) is 5.84 Å². The fourth-order valence-electron chi connectivity index (χ4n) is 1.93. The lowest BCUT2D eigenvalue weighted by Gasteiger charge is -2.17. The highest BCUT2D eigenvalue weighted by atomic mass is 79.9. The molecule has 1 atom stereocenters. The number of benzene rings is 1. The molecule has 19 heavy (non-hydrogen) atoms. The Morgan fingerprint density at radius 1 is 1.37 bits per heavy atom. The van der Waals surface area contributed by atoms with Gasteiger partial charge in [0.25, 0.3) is 0 Å². The number of hydrogen-bond donors (Lipinski definition) is 2. The first kappa shape index (κ1) is 14.1. The van der Waals surface area contributed by atoms with Crippen LogP contribution >= 0.6 is 15.9 Å². The molecule has 3 nitrogen and oxygen atoms in total. The maximum atomic E-state index is 14.1. The Labute approximate surface area is 120 Å². The number of nitrogens with two attached hydrogens (primary N) is 1. The van der Waals surface area contributed by atoms with Crippen LogP contribution in [0, 0.1) is 12.7 Å². The molecule has 0 saturated heterocycles. The third-order valence-electron chi connectivity index (χ3n) is 3.00. The molecule has 2 rings (SSSR count). The van der Waals surface area contributed by atoms with Gasteiger partial charge in [-0.3, -0.25) is 16.3 Å². The normalized spacial score (nSPS) is 12.4. The summed E-state index contributed by atoms with van der Waals surface area (Å²) in [4.78, 5) is 4.28. The van der Waals surface area contributed by atoms with Crippen LogP contribution in [0.1, 0.15) is 22.9 Å². The summed E-state index contributed by atoms with van der Waals surface area (Å²) in [5.41, 5.74) is 4.69. The maximum absolute atomic E-state index is 14.1. The zero-order valence-corrected chi connectivity index (χ0v) is 12.1. The minimum Gasteiger partial charge on any atom is -0.271 e. The standard InChI is InChI=1S/C14H15BrFN3/c1-9-3-2-4-12(14(9)16)13(19-17)7-11-6-5-10(15)8-18-11/h2-6,8,13,19H,7,17H2,1H3. The molecule has 0 spiro atoms. The van der Waals surface area contributed by atoms with Crippen molar-refractivity contribution in [2.75, 3.05) is 0 Å². The molecule has 1 aromatic heterocycles. The topological polar surface area (TPSA) is 50.9 Å². The molecule has 0 radical (unpaired) electrons. The molecule has 3 N–H and O–H groups in total. The summed E-state index contributed by atoms with van der Waals surface area (Å²) in [6.45, 7) is 1.74. The first-order valence-electron chi connectivity index (χ1n) is 5.93. The Morgan fingerprint density at radius 2 is 2.16 bits per heavy atom. The number of nitrogens with zero attached hydrogens (tertiary/aromatic N) is 1. The average Bonchev–Trinajstić information content (AvgIpc) is 2.42. The Morgan fingerprint density at radius 3 is 2.79 bits per heavy atom. The van der Waals surface area contributed by atoms with E-state index in [1.807, 2.05) is 18.2 Å². The van der Waals surface area contributed by atoms with Gasteiger partial charge in [-0.1, -0.05) is 18.2 Å². The summed E-state index contributed by atoms with van der Waals surface area (Å²) >= 11 is 3.33. The van der Waals surface area contributed by atoms with Gasteiger partial charge in [0, 0.05) is 28.3 Å². The van der Waals surface area contributed by atoms with Gasteiger partial charge in [-0.15, -0.1) is 0 Å². The van der Waals surface area contributed by atoms with Crippen molar-refractivity contribution in [2.45, 2.75) is 19.4 Å². The second-order valence-corrected chi connectivity index (χ2v) is 5.28. The van der Waals surface area contributed by atoms with Gasteiger partial charge in [0.2, 0.25) is 0 Å². The van der Waals surface area contributed by atoms with Crippen LogP contribution in [0.3, 0.4) is 0 Å². The number of aromatic nitrogens is 1. The van der Waals surface area contributed by atoms with E-state index in [0.717, 1.165) is 10.2 Å². The molecule has 100 valence electrons. The van der Waals surface area contributed by atoms with Crippen LogP contribution in [0.2, 0.25) is 0 Å². The van der Waals surface area contributed by atoms with Crippen LogP contribution in [0.25, 0.3) is 0 Å². The van der Waals surface area contributed by atoms with Gasteiger partial charge in [-0.25, -0.2) is 4.39 Å². The van der Waals surface area contributed by atoms with Crippen molar-refractivity contribution in [1.82, 2.24) is 10.4 Å². The lowest BCUT2D eigenvalue weighted by atomic mass is 9.99. The molecule has 0 aliphatic rings. The Kier molecular flexibility index (Phi) is 4.63. The van der Waals surface area contributed by atoms with Crippen molar-refractivity contribution >= 4 is 15.9 Å². The molecular formula is C14H15BrFN3. The predicted molar refractivity (Wildman–Crippen MR) is 76.8 cm³/mol. The van der Waals surface area contributed by atoms with Crippen molar-refractivity contribution in [3.8, 4) is 0 Å². The summed E-state index contributed by atoms with van der Waals surface area (Å²) in [6.07, 6.45) is 2.25. The molecule has 5 heteroatoms. The fraction of sp³-hybridized carbons (Fsp3) is 0.214. The van der Waals surface area contributed by atoms with E-state index in [2.05, 4.69) is 26.3 Å². The zero-order chi connectivity index (χ0) is 13.8. The lowest BCUT2D eigenvalue weighted by molar-refractivity contribution is 0.504. The third kappa shape index (κ3) is 3.37. The highest BCUT2D eigenvalue weighted by Crippen LogP contribution is 2.22. The number of hydrogen-bond acceptors (Lipinski definition) is 3. The minimum absolute atomic E-state index is 0.220. The Hall–Kier alpha value is -1.30. The highest BCUT2D eigenvalue weighted by molar-refractivity contribution is 9.10. The van der Waals surface area contributed by atoms with Gasteiger partial charge in [-0.05, 0) is 40.5 Å². The van der Waals surface area contributed by atoms with Crippen LogP contribution in [-0.2, 0) is 6.42 Å². The number of aryl methyl sites for hydroxylation is 1. The molecule has 0 aliphatic carbocycles. The first-order chi connectivity index (χ1) is 9.11. The van der Waals surface area contributed by atoms with Crippen molar-refractivity contribution in [2.24, 2.45) is 5.84 Å². The number of halogens is 2. The Balaban J connectivity index is 2.25. The summed E-state index contributed by atoms with van der Waals surface area (Å²) in [5, 5.41) is 0. The van der Waals surface area contributed by atoms with Gasteiger partial charge in [0.15, 0.2) is 0 Å². The SMILES string of the molecule is Cc1cccc(C(Cc2ccc(Br)cn2)NN)c1F. The maximum Gasteiger partial charge on any atom is 0.130 e. The van der Waals surface area contributed by atoms with Crippen LogP contribution in [0.4, 0.5) is 4.39 Å². The number of nitrogens with one attached hydrogen (secondary N) is 1. The number of rotatable bonds is 4.